The van der Waals surface area contributed by atoms with Crippen molar-refractivity contribution < 1.29 is 14.0 Å². The summed E-state index contributed by atoms with van der Waals surface area (Å²) >= 11 is 0. The van der Waals surface area contributed by atoms with Crippen LogP contribution in [-0.4, -0.2) is 21.9 Å². The van der Waals surface area contributed by atoms with Crippen LogP contribution >= 0.6 is 0 Å². The fourth-order valence-electron chi connectivity index (χ4n) is 1.19. The molecular weight excluding hydrogens is 198 g/mol. The molecule has 2 rings (SSSR count). The predicted octanol–water partition coefficient (Wildman–Crippen LogP) is 0.630. The molecular formula is C9H11N3O3. The average molecular weight is 209 g/mol. The molecule has 0 saturated carbocycles. The molecule has 2 aromatic heterocycles. The van der Waals surface area contributed by atoms with Gasteiger partial charge in [-0.15, -0.1) is 0 Å². The van der Waals surface area contributed by atoms with Crippen molar-refractivity contribution in [3.8, 4) is 11.4 Å². The number of furan rings is 1. The molecule has 15 heavy (non-hydrogen) atoms. The smallest absolute Gasteiger partial charge is 0.246 e. The maximum atomic E-state index is 8.81. The van der Waals surface area contributed by atoms with Gasteiger partial charge in [-0.1, -0.05) is 5.16 Å². The summed E-state index contributed by atoms with van der Waals surface area (Å²) in [7, 11) is 0. The van der Waals surface area contributed by atoms with E-state index in [1.54, 1.807) is 19.3 Å². The van der Waals surface area contributed by atoms with Crippen LogP contribution in [0.2, 0.25) is 0 Å². The van der Waals surface area contributed by atoms with E-state index in [4.69, 9.17) is 19.8 Å². The van der Waals surface area contributed by atoms with Gasteiger partial charge in [0.1, 0.15) is 11.8 Å². The Hall–Kier alpha value is -1.66. The van der Waals surface area contributed by atoms with Gasteiger partial charge < -0.3 is 19.8 Å². The monoisotopic (exact) mass is 209 g/mol. The van der Waals surface area contributed by atoms with E-state index in [1.165, 1.54) is 0 Å². The third kappa shape index (κ3) is 1.77. The van der Waals surface area contributed by atoms with Crippen molar-refractivity contribution in [2.45, 2.75) is 13.0 Å². The molecule has 0 aliphatic carbocycles. The van der Waals surface area contributed by atoms with Gasteiger partial charge in [0.05, 0.1) is 18.4 Å². The van der Waals surface area contributed by atoms with Gasteiger partial charge in [0.2, 0.25) is 11.7 Å². The molecule has 1 atom stereocenters. The Balaban J connectivity index is 2.32. The molecule has 0 aliphatic heterocycles. The first kappa shape index (κ1) is 9.88. The minimum absolute atomic E-state index is 0.216. The second kappa shape index (κ2) is 3.84. The highest BCUT2D eigenvalue weighted by Gasteiger charge is 2.16. The molecule has 2 aromatic rings. The summed E-state index contributed by atoms with van der Waals surface area (Å²) in [6.45, 7) is 1.57. The summed E-state index contributed by atoms with van der Waals surface area (Å²) in [5.41, 5.74) is 6.29. The summed E-state index contributed by atoms with van der Waals surface area (Å²) in [4.78, 5) is 4.06. The molecule has 6 nitrogen and oxygen atoms in total. The number of aliphatic hydroxyl groups excluding tert-OH is 1. The summed E-state index contributed by atoms with van der Waals surface area (Å²) in [6.07, 6.45) is 1.55. The predicted molar refractivity (Wildman–Crippen MR) is 50.8 cm³/mol. The highest BCUT2D eigenvalue weighted by molar-refractivity contribution is 5.56. The Kier molecular flexibility index (Phi) is 2.53. The van der Waals surface area contributed by atoms with E-state index in [0.717, 1.165) is 5.56 Å². The largest absolute Gasteiger partial charge is 0.469 e. The maximum Gasteiger partial charge on any atom is 0.246 e. The second-order valence-corrected chi connectivity index (χ2v) is 3.14. The van der Waals surface area contributed by atoms with Crippen molar-refractivity contribution >= 4 is 0 Å². The fraction of sp³-hybridized carbons (Fsp3) is 0.333. The van der Waals surface area contributed by atoms with E-state index in [-0.39, 0.29) is 12.5 Å². The van der Waals surface area contributed by atoms with Gasteiger partial charge in [0.15, 0.2) is 0 Å². The van der Waals surface area contributed by atoms with Crippen molar-refractivity contribution in [3.63, 3.8) is 0 Å². The number of aromatic nitrogens is 2. The van der Waals surface area contributed by atoms with Crippen LogP contribution in [0.5, 0.6) is 0 Å². The van der Waals surface area contributed by atoms with Gasteiger partial charge >= 0.3 is 0 Å². The van der Waals surface area contributed by atoms with Gasteiger partial charge in [-0.2, -0.15) is 4.98 Å². The molecule has 80 valence electrons. The summed E-state index contributed by atoms with van der Waals surface area (Å²) in [5, 5.41) is 12.6. The van der Waals surface area contributed by atoms with Crippen LogP contribution in [0.15, 0.2) is 21.3 Å². The van der Waals surface area contributed by atoms with Crippen molar-refractivity contribution in [1.82, 2.24) is 10.1 Å². The van der Waals surface area contributed by atoms with Crippen LogP contribution < -0.4 is 5.73 Å². The first-order chi connectivity index (χ1) is 7.22. The Morgan fingerprint density at radius 3 is 3.00 bits per heavy atom. The standard InChI is InChI=1S/C9H11N3O3/c1-5-6(2-3-14-5)8-11-9(15-12-8)7(10)4-13/h2-3,7,13H,4,10H2,1H3/t7-/m0/s1. The lowest BCUT2D eigenvalue weighted by Crippen LogP contribution is -2.14. The van der Waals surface area contributed by atoms with E-state index in [2.05, 4.69) is 10.1 Å². The first-order valence-corrected chi connectivity index (χ1v) is 4.47. The normalized spacial score (nSPS) is 13.0. The molecule has 0 bridgehead atoms. The summed E-state index contributed by atoms with van der Waals surface area (Å²) < 4.78 is 10.0. The molecule has 2 heterocycles. The Morgan fingerprint density at radius 2 is 2.40 bits per heavy atom. The lowest BCUT2D eigenvalue weighted by molar-refractivity contribution is 0.237. The van der Waals surface area contributed by atoms with Gasteiger partial charge in [-0.25, -0.2) is 0 Å². The third-order valence-corrected chi connectivity index (χ3v) is 2.06. The average Bonchev–Trinajstić information content (AvgIpc) is 2.84. The molecule has 0 spiro atoms. The van der Waals surface area contributed by atoms with Crippen LogP contribution in [-0.2, 0) is 0 Å². The highest BCUT2D eigenvalue weighted by atomic mass is 16.5. The molecule has 0 amide bonds. The Bertz CT molecular complexity index is 449. The van der Waals surface area contributed by atoms with E-state index in [0.29, 0.717) is 11.6 Å². The van der Waals surface area contributed by atoms with Gasteiger partial charge in [0, 0.05) is 0 Å². The number of aliphatic hydroxyl groups is 1. The number of rotatable bonds is 3. The zero-order chi connectivity index (χ0) is 10.8. The summed E-state index contributed by atoms with van der Waals surface area (Å²) in [6, 6.07) is 1.10. The van der Waals surface area contributed by atoms with Crippen LogP contribution in [0.4, 0.5) is 0 Å². The molecule has 0 radical (unpaired) electrons. The zero-order valence-corrected chi connectivity index (χ0v) is 8.17. The van der Waals surface area contributed by atoms with Crippen LogP contribution in [0.1, 0.15) is 17.7 Å². The zero-order valence-electron chi connectivity index (χ0n) is 8.17. The van der Waals surface area contributed by atoms with Gasteiger partial charge in [-0.05, 0) is 13.0 Å². The lowest BCUT2D eigenvalue weighted by atomic mass is 10.2. The van der Waals surface area contributed by atoms with Gasteiger partial charge in [0.25, 0.3) is 0 Å². The molecule has 0 saturated heterocycles. The molecule has 0 fully saturated rings. The third-order valence-electron chi connectivity index (χ3n) is 2.06. The quantitative estimate of drug-likeness (QED) is 0.769. The Labute approximate surface area is 85.7 Å². The SMILES string of the molecule is Cc1occc1-c1noc([C@@H](N)CO)n1. The van der Waals surface area contributed by atoms with Gasteiger partial charge in [-0.3, -0.25) is 0 Å². The molecule has 0 aliphatic rings. The van der Waals surface area contributed by atoms with E-state index < -0.39 is 6.04 Å². The topological polar surface area (TPSA) is 98.3 Å². The minimum atomic E-state index is -0.640. The number of nitrogens with zero attached hydrogens (tertiary/aromatic N) is 2. The van der Waals surface area contributed by atoms with E-state index >= 15 is 0 Å². The van der Waals surface area contributed by atoms with Crippen molar-refractivity contribution in [2.24, 2.45) is 5.73 Å². The van der Waals surface area contributed by atoms with Crippen LogP contribution in [0, 0.1) is 6.92 Å². The minimum Gasteiger partial charge on any atom is -0.469 e. The molecule has 6 heteroatoms. The number of aryl methyl sites for hydroxylation is 1. The highest BCUT2D eigenvalue weighted by Crippen LogP contribution is 2.22. The first-order valence-electron chi connectivity index (χ1n) is 4.47. The van der Waals surface area contributed by atoms with Crippen LogP contribution in [0.3, 0.4) is 0 Å². The summed E-state index contributed by atoms with van der Waals surface area (Å²) in [5.74, 6) is 1.34. The number of hydrogen-bond donors (Lipinski definition) is 2. The number of hydrogen-bond acceptors (Lipinski definition) is 6. The van der Waals surface area contributed by atoms with Crippen molar-refractivity contribution in [2.75, 3.05) is 6.61 Å². The van der Waals surface area contributed by atoms with E-state index in [1.807, 2.05) is 0 Å². The fourth-order valence-corrected chi connectivity index (χ4v) is 1.19. The van der Waals surface area contributed by atoms with Crippen LogP contribution in [0.25, 0.3) is 11.4 Å². The Morgan fingerprint density at radius 1 is 1.60 bits per heavy atom. The lowest BCUT2D eigenvalue weighted by Gasteiger charge is -1.98. The van der Waals surface area contributed by atoms with E-state index in [9.17, 15) is 0 Å². The molecule has 3 N–H and O–H groups in total. The maximum absolute atomic E-state index is 8.81. The molecule has 0 unspecified atom stereocenters. The van der Waals surface area contributed by atoms with Crippen molar-refractivity contribution in [1.29, 1.82) is 0 Å². The molecule has 0 aromatic carbocycles. The number of nitrogens with two attached hydrogens (primary N) is 1. The van der Waals surface area contributed by atoms with Crippen molar-refractivity contribution in [3.05, 3.63) is 24.0 Å². The second-order valence-electron chi connectivity index (χ2n) is 3.14.